The van der Waals surface area contributed by atoms with Gasteiger partial charge < -0.3 is 19.0 Å². The highest BCUT2D eigenvalue weighted by molar-refractivity contribution is 6.10. The predicted molar refractivity (Wildman–Crippen MR) is 211 cm³/mol. The number of methoxy groups -OCH3 is 1. The molecule has 1 N–H and O–H groups in total. The zero-order valence-electron chi connectivity index (χ0n) is 29.3. The summed E-state index contributed by atoms with van der Waals surface area (Å²) >= 11 is 0. The molecular weight excluding hydrogens is 641 g/mol. The zero-order chi connectivity index (χ0) is 35.1. The van der Waals surface area contributed by atoms with Gasteiger partial charge in [0.05, 0.1) is 18.5 Å². The van der Waals surface area contributed by atoms with Crippen molar-refractivity contribution in [3.63, 3.8) is 0 Å². The predicted octanol–water partition coefficient (Wildman–Crippen LogP) is 10.3. The minimum atomic E-state index is -1.49. The van der Waals surface area contributed by atoms with Crippen molar-refractivity contribution in [1.82, 2.24) is 19.1 Å². The first kappa shape index (κ1) is 30.6. The van der Waals surface area contributed by atoms with E-state index in [1.807, 2.05) is 36.7 Å². The molecule has 0 amide bonds. The number of aromatic nitrogens is 4. The van der Waals surface area contributed by atoms with E-state index in [4.69, 9.17) is 14.7 Å². The summed E-state index contributed by atoms with van der Waals surface area (Å²) in [7, 11) is 1.65. The Morgan fingerprint density at radius 2 is 1.00 bits per heavy atom. The van der Waals surface area contributed by atoms with Crippen LogP contribution in [0.5, 0.6) is 5.75 Å². The maximum absolute atomic E-state index is 13.1. The molecule has 0 saturated heterocycles. The third-order valence-electron chi connectivity index (χ3n) is 11.1. The number of hydrogen-bond acceptors (Lipinski definition) is 4. The number of aliphatic hydroxyl groups is 1. The van der Waals surface area contributed by atoms with Crippen molar-refractivity contribution in [2.45, 2.75) is 32.5 Å². The molecule has 0 spiro atoms. The standard InChI is InChI=1S/C46H36N4O2/c1-4-49-40-12-8-6-10-34(40)36-22-28(14-20-42(36)49)30-24-38-44(47-26-30)45-39(46(38,51)32-16-18-33(52-3)19-17-32)25-31(27-48-45)29-15-21-43-37(23-29)35-11-7-9-13-41(35)50(43)5-2/h6-27,51H,4-5H2,1-3H3. The number of nitrogens with zero attached hydrogens (tertiary/aromatic N) is 4. The van der Waals surface area contributed by atoms with Crippen LogP contribution in [0.2, 0.25) is 0 Å². The largest absolute Gasteiger partial charge is 0.497 e. The van der Waals surface area contributed by atoms with Crippen molar-refractivity contribution in [3.05, 3.63) is 150 Å². The maximum atomic E-state index is 13.1. The van der Waals surface area contributed by atoms with Crippen LogP contribution >= 0.6 is 0 Å². The van der Waals surface area contributed by atoms with Crippen molar-refractivity contribution in [1.29, 1.82) is 0 Å². The Labute approximate surface area is 301 Å². The van der Waals surface area contributed by atoms with Gasteiger partial charge in [-0.05, 0) is 91.2 Å². The molecule has 0 aliphatic heterocycles. The first-order chi connectivity index (χ1) is 25.5. The fourth-order valence-electron chi connectivity index (χ4n) is 8.61. The van der Waals surface area contributed by atoms with E-state index in [9.17, 15) is 5.11 Å². The van der Waals surface area contributed by atoms with E-state index in [-0.39, 0.29) is 0 Å². The van der Waals surface area contributed by atoms with E-state index in [1.165, 1.54) is 43.6 Å². The molecule has 1 aliphatic rings. The van der Waals surface area contributed by atoms with Crippen molar-refractivity contribution in [3.8, 4) is 39.4 Å². The third kappa shape index (κ3) is 4.22. The molecule has 52 heavy (non-hydrogen) atoms. The first-order valence-corrected chi connectivity index (χ1v) is 17.9. The number of pyridine rings is 2. The molecule has 0 fully saturated rings. The summed E-state index contributed by atoms with van der Waals surface area (Å²) in [6.45, 7) is 6.15. The molecule has 6 heteroatoms. The summed E-state index contributed by atoms with van der Waals surface area (Å²) in [5, 5.41) is 18.0. The normalized spacial score (nSPS) is 13.3. The zero-order valence-corrected chi connectivity index (χ0v) is 29.3. The van der Waals surface area contributed by atoms with Crippen LogP contribution < -0.4 is 4.74 Å². The Morgan fingerprint density at radius 3 is 1.46 bits per heavy atom. The highest BCUT2D eigenvalue weighted by atomic mass is 16.5. The van der Waals surface area contributed by atoms with Crippen LogP contribution in [-0.2, 0) is 18.7 Å². The first-order valence-electron chi connectivity index (χ1n) is 17.9. The number of hydrogen-bond donors (Lipinski definition) is 1. The number of rotatable bonds is 6. The second kappa shape index (κ2) is 11.4. The van der Waals surface area contributed by atoms with Crippen molar-refractivity contribution in [2.75, 3.05) is 7.11 Å². The van der Waals surface area contributed by atoms with Crippen molar-refractivity contribution < 1.29 is 9.84 Å². The molecule has 0 saturated carbocycles. The summed E-state index contributed by atoms with van der Waals surface area (Å²) < 4.78 is 10.2. The molecule has 0 bridgehead atoms. The second-order valence-electron chi connectivity index (χ2n) is 13.7. The molecule has 1 aliphatic carbocycles. The lowest BCUT2D eigenvalue weighted by Crippen LogP contribution is -2.26. The highest BCUT2D eigenvalue weighted by Gasteiger charge is 2.45. The quantitative estimate of drug-likeness (QED) is 0.190. The molecule has 5 aromatic carbocycles. The number of aryl methyl sites for hydroxylation is 2. The Balaban J connectivity index is 1.15. The Kier molecular flexibility index (Phi) is 6.69. The van der Waals surface area contributed by atoms with Gasteiger partial charge in [0.25, 0.3) is 0 Å². The van der Waals surface area contributed by atoms with Gasteiger partial charge in [0.2, 0.25) is 0 Å². The topological polar surface area (TPSA) is 65.1 Å². The number of fused-ring (bicyclic) bond motifs is 9. The molecular formula is C46H36N4O2. The van der Waals surface area contributed by atoms with Gasteiger partial charge in [-0.1, -0.05) is 60.7 Å². The number of ether oxygens (including phenoxy) is 1. The lowest BCUT2D eigenvalue weighted by molar-refractivity contribution is 0.130. The van der Waals surface area contributed by atoms with Gasteiger partial charge in [0, 0.05) is 91.3 Å². The molecule has 9 aromatic rings. The number of para-hydroxylation sites is 2. The van der Waals surface area contributed by atoms with E-state index in [0.717, 1.165) is 46.7 Å². The van der Waals surface area contributed by atoms with Crippen LogP contribution in [-0.4, -0.2) is 31.3 Å². The SMILES string of the molecule is CCn1c2ccccc2c2cc(-c3cnc4c(c3)C(O)(c3ccc(OC)cc3)c3cc(-c5ccc6c(c5)c5ccccc5n6CC)cnc3-4)ccc21. The van der Waals surface area contributed by atoms with E-state index in [2.05, 4.69) is 120 Å². The van der Waals surface area contributed by atoms with E-state index < -0.39 is 5.60 Å². The molecule has 0 unspecified atom stereocenters. The molecule has 0 radical (unpaired) electrons. The molecule has 252 valence electrons. The second-order valence-corrected chi connectivity index (χ2v) is 13.7. The lowest BCUT2D eigenvalue weighted by atomic mass is 9.83. The minimum absolute atomic E-state index is 0.689. The van der Waals surface area contributed by atoms with Crippen LogP contribution in [0.25, 0.3) is 77.3 Å². The summed E-state index contributed by atoms with van der Waals surface area (Å²) in [5.41, 5.74) is 10.9. The highest BCUT2D eigenvalue weighted by Crippen LogP contribution is 2.51. The van der Waals surface area contributed by atoms with Crippen LogP contribution in [0.1, 0.15) is 30.5 Å². The van der Waals surface area contributed by atoms with Crippen molar-refractivity contribution >= 4 is 43.6 Å². The average Bonchev–Trinajstić information content (AvgIpc) is 3.80. The van der Waals surface area contributed by atoms with Gasteiger partial charge in [0.1, 0.15) is 11.4 Å². The average molecular weight is 677 g/mol. The lowest BCUT2D eigenvalue weighted by Gasteiger charge is -2.27. The van der Waals surface area contributed by atoms with Crippen molar-refractivity contribution in [2.24, 2.45) is 0 Å². The molecule has 10 rings (SSSR count). The molecule has 0 atom stereocenters. The molecule has 4 aromatic heterocycles. The van der Waals surface area contributed by atoms with Crippen LogP contribution in [0.15, 0.2) is 134 Å². The Morgan fingerprint density at radius 1 is 0.538 bits per heavy atom. The van der Waals surface area contributed by atoms with E-state index in [0.29, 0.717) is 22.5 Å². The summed E-state index contributed by atoms with van der Waals surface area (Å²) in [6.07, 6.45) is 3.82. The smallest absolute Gasteiger partial charge is 0.144 e. The fourth-order valence-corrected chi connectivity index (χ4v) is 8.61. The van der Waals surface area contributed by atoms with Crippen LogP contribution in [0, 0.1) is 0 Å². The minimum Gasteiger partial charge on any atom is -0.497 e. The van der Waals surface area contributed by atoms with Gasteiger partial charge in [-0.15, -0.1) is 0 Å². The van der Waals surface area contributed by atoms with E-state index >= 15 is 0 Å². The maximum Gasteiger partial charge on any atom is 0.144 e. The Hall–Kier alpha value is -6.24. The summed E-state index contributed by atoms with van der Waals surface area (Å²) in [4.78, 5) is 10.1. The van der Waals surface area contributed by atoms with Gasteiger partial charge >= 0.3 is 0 Å². The summed E-state index contributed by atoms with van der Waals surface area (Å²) in [6, 6.07) is 42.2. The molecule has 6 nitrogen and oxygen atoms in total. The van der Waals surface area contributed by atoms with Gasteiger partial charge in [0.15, 0.2) is 0 Å². The number of benzene rings is 5. The van der Waals surface area contributed by atoms with Gasteiger partial charge in [-0.25, -0.2) is 0 Å². The van der Waals surface area contributed by atoms with Crippen LogP contribution in [0.4, 0.5) is 0 Å². The van der Waals surface area contributed by atoms with Gasteiger partial charge in [-0.3, -0.25) is 9.97 Å². The summed E-state index contributed by atoms with van der Waals surface area (Å²) in [5.74, 6) is 0.726. The Bertz CT molecular complexity index is 2710. The van der Waals surface area contributed by atoms with Gasteiger partial charge in [-0.2, -0.15) is 0 Å². The van der Waals surface area contributed by atoms with Crippen LogP contribution in [0.3, 0.4) is 0 Å². The third-order valence-corrected chi connectivity index (χ3v) is 11.1. The van der Waals surface area contributed by atoms with E-state index in [1.54, 1.807) is 7.11 Å². The molecule has 4 heterocycles. The fraction of sp³-hybridized carbons (Fsp3) is 0.130. The monoisotopic (exact) mass is 676 g/mol.